The van der Waals surface area contributed by atoms with Crippen molar-refractivity contribution in [2.75, 3.05) is 79.8 Å². The van der Waals surface area contributed by atoms with Gasteiger partial charge in [-0.3, -0.25) is 9.59 Å². The number of terminal acetylenes is 4. The van der Waals surface area contributed by atoms with Crippen molar-refractivity contribution in [3.63, 3.8) is 0 Å². The molecule has 0 aromatic carbocycles. The van der Waals surface area contributed by atoms with Crippen LogP contribution in [-0.2, 0) is 38.0 Å². The Balaban J connectivity index is 5.03. The Morgan fingerprint density at radius 3 is 1.26 bits per heavy atom. The second-order valence-electron chi connectivity index (χ2n) is 8.72. The molecular weight excluding hydrogens is 504 g/mol. The van der Waals surface area contributed by atoms with Crippen molar-refractivity contribution < 1.29 is 38.0 Å². The third-order valence-corrected chi connectivity index (χ3v) is 5.12. The average Bonchev–Trinajstić information content (AvgIpc) is 2.91. The van der Waals surface area contributed by atoms with Crippen LogP contribution in [0.3, 0.4) is 0 Å². The van der Waals surface area contributed by atoms with Crippen LogP contribution >= 0.6 is 0 Å². The van der Waals surface area contributed by atoms with Gasteiger partial charge in [0.2, 0.25) is 11.8 Å². The van der Waals surface area contributed by atoms with E-state index in [1.807, 2.05) is 6.92 Å². The second-order valence-corrected chi connectivity index (χ2v) is 8.72. The third kappa shape index (κ3) is 17.2. The fourth-order valence-electron chi connectivity index (χ4n) is 3.55. The summed E-state index contributed by atoms with van der Waals surface area (Å²) < 4.78 is 32.8. The van der Waals surface area contributed by atoms with E-state index in [1.165, 1.54) is 7.11 Å². The summed E-state index contributed by atoms with van der Waals surface area (Å²) in [7, 11) is 1.50. The first kappa shape index (κ1) is 35.9. The number of carbonyl (C=O) groups is 2. The van der Waals surface area contributed by atoms with Gasteiger partial charge in [-0.05, 0) is 19.8 Å². The highest BCUT2D eigenvalue weighted by atomic mass is 16.5. The lowest BCUT2D eigenvalue weighted by Crippen LogP contribution is -2.58. The Kier molecular flexibility index (Phi) is 21.1. The predicted molar refractivity (Wildman–Crippen MR) is 147 cm³/mol. The number of hydrogen-bond donors (Lipinski definition) is 2. The van der Waals surface area contributed by atoms with Crippen LogP contribution in [0.15, 0.2) is 0 Å². The molecule has 0 rings (SSSR count). The van der Waals surface area contributed by atoms with Gasteiger partial charge < -0.3 is 39.1 Å². The second kappa shape index (κ2) is 22.9. The summed E-state index contributed by atoms with van der Waals surface area (Å²) in [5, 5.41) is 5.87. The zero-order valence-electron chi connectivity index (χ0n) is 23.2. The number of rotatable bonds is 24. The molecule has 0 aromatic heterocycles. The predicted octanol–water partition coefficient (Wildman–Crippen LogP) is 0.539. The van der Waals surface area contributed by atoms with Gasteiger partial charge in [0, 0.05) is 26.6 Å². The molecule has 0 fully saturated rings. The smallest absolute Gasteiger partial charge is 0.220 e. The van der Waals surface area contributed by atoms with Crippen LogP contribution in [0, 0.1) is 49.4 Å². The van der Waals surface area contributed by atoms with Gasteiger partial charge in [-0.1, -0.05) is 23.7 Å². The SMILES string of the molecule is C#CCOCC(COC)(COCC#C)NC(=O)CCCCC(=O)NC(COCC)(COCC#C)COCC#C. The fraction of sp³-hybridized carbons (Fsp3) is 0.655. The minimum Gasteiger partial charge on any atom is -0.382 e. The highest BCUT2D eigenvalue weighted by Crippen LogP contribution is 2.13. The summed E-state index contributed by atoms with van der Waals surface area (Å²) in [4.78, 5) is 25.5. The summed E-state index contributed by atoms with van der Waals surface area (Å²) in [6.45, 7) is 3.15. The summed E-state index contributed by atoms with van der Waals surface area (Å²) in [5.74, 6) is 9.05. The van der Waals surface area contributed by atoms with E-state index in [2.05, 4.69) is 34.3 Å². The molecule has 0 saturated carbocycles. The summed E-state index contributed by atoms with van der Waals surface area (Å²) >= 11 is 0. The fourth-order valence-corrected chi connectivity index (χ4v) is 3.55. The number of methoxy groups -OCH3 is 1. The number of amides is 2. The summed E-state index contributed by atoms with van der Waals surface area (Å²) in [6.07, 6.45) is 22.3. The number of carbonyl (C=O) groups excluding carboxylic acids is 2. The van der Waals surface area contributed by atoms with E-state index in [-0.39, 0.29) is 90.7 Å². The van der Waals surface area contributed by atoms with Gasteiger partial charge >= 0.3 is 0 Å². The van der Waals surface area contributed by atoms with Crippen LogP contribution < -0.4 is 10.6 Å². The van der Waals surface area contributed by atoms with Crippen molar-refractivity contribution >= 4 is 11.8 Å². The standard InChI is InChI=1S/C29H42N2O8/c1-7-16-36-22-28(20-34-6,23-37-17-8-2)30-26(32)14-12-13-15-27(33)31-29(21-35-11-5,24-38-18-9-3)25-39-19-10-4/h1-4H,11-25H2,5-6H3,(H,30,32)(H,31,33). The summed E-state index contributed by atoms with van der Waals surface area (Å²) in [6, 6.07) is 0. The Bertz CT molecular complexity index is 822. The lowest BCUT2D eigenvalue weighted by Gasteiger charge is -2.34. The van der Waals surface area contributed by atoms with Crippen molar-refractivity contribution in [3.05, 3.63) is 0 Å². The molecule has 0 spiro atoms. The minimum atomic E-state index is -0.966. The monoisotopic (exact) mass is 546 g/mol. The van der Waals surface area contributed by atoms with E-state index in [4.69, 9.17) is 54.1 Å². The molecule has 0 aliphatic carbocycles. The van der Waals surface area contributed by atoms with Crippen LogP contribution in [0.2, 0.25) is 0 Å². The summed E-state index contributed by atoms with van der Waals surface area (Å²) in [5.41, 5.74) is -1.93. The van der Waals surface area contributed by atoms with Crippen molar-refractivity contribution in [1.29, 1.82) is 0 Å². The Hall–Kier alpha value is -3.06. The van der Waals surface area contributed by atoms with Crippen molar-refractivity contribution in [3.8, 4) is 49.4 Å². The molecule has 0 unspecified atom stereocenters. The molecule has 0 aliphatic heterocycles. The Morgan fingerprint density at radius 1 is 0.615 bits per heavy atom. The van der Waals surface area contributed by atoms with Crippen molar-refractivity contribution in [2.24, 2.45) is 0 Å². The zero-order valence-corrected chi connectivity index (χ0v) is 23.2. The third-order valence-electron chi connectivity index (χ3n) is 5.12. The molecule has 2 amide bonds. The molecule has 216 valence electrons. The normalized spacial score (nSPS) is 11.0. The van der Waals surface area contributed by atoms with E-state index < -0.39 is 11.1 Å². The highest BCUT2D eigenvalue weighted by molar-refractivity contribution is 5.78. The number of nitrogens with one attached hydrogen (secondary N) is 2. The van der Waals surface area contributed by atoms with Crippen LogP contribution in [0.25, 0.3) is 0 Å². The van der Waals surface area contributed by atoms with Gasteiger partial charge in [0.05, 0.1) is 39.6 Å². The van der Waals surface area contributed by atoms with Crippen molar-refractivity contribution in [1.82, 2.24) is 10.6 Å². The van der Waals surface area contributed by atoms with Crippen molar-refractivity contribution in [2.45, 2.75) is 43.7 Å². The molecule has 0 bridgehead atoms. The molecule has 0 aromatic rings. The van der Waals surface area contributed by atoms with Gasteiger partial charge in [0.15, 0.2) is 0 Å². The first-order valence-corrected chi connectivity index (χ1v) is 12.6. The van der Waals surface area contributed by atoms with Gasteiger partial charge in [-0.25, -0.2) is 0 Å². The topological polar surface area (TPSA) is 114 Å². The molecule has 0 heterocycles. The van der Waals surface area contributed by atoms with Gasteiger partial charge in [0.25, 0.3) is 0 Å². The molecule has 10 nitrogen and oxygen atoms in total. The van der Waals surface area contributed by atoms with Crippen LogP contribution in [-0.4, -0.2) is 103 Å². The molecule has 10 heteroatoms. The number of ether oxygens (including phenoxy) is 6. The quantitative estimate of drug-likeness (QED) is 0.133. The first-order valence-electron chi connectivity index (χ1n) is 12.6. The van der Waals surface area contributed by atoms with Gasteiger partial charge in [-0.15, -0.1) is 25.7 Å². The molecule has 0 saturated heterocycles. The molecule has 0 aliphatic rings. The molecular formula is C29H42N2O8. The average molecular weight is 547 g/mol. The van der Waals surface area contributed by atoms with Gasteiger partial charge in [0.1, 0.15) is 37.5 Å². The lowest BCUT2D eigenvalue weighted by atomic mass is 10.0. The van der Waals surface area contributed by atoms with Crippen LogP contribution in [0.5, 0.6) is 0 Å². The minimum absolute atomic E-state index is 0.0674. The maximum Gasteiger partial charge on any atom is 0.220 e. The molecule has 0 atom stereocenters. The maximum absolute atomic E-state index is 12.8. The molecule has 39 heavy (non-hydrogen) atoms. The zero-order chi connectivity index (χ0) is 29.2. The Labute approximate surface area is 233 Å². The van der Waals surface area contributed by atoms with Crippen LogP contribution in [0.1, 0.15) is 32.6 Å². The highest BCUT2D eigenvalue weighted by Gasteiger charge is 2.34. The Morgan fingerprint density at radius 2 is 0.949 bits per heavy atom. The van der Waals surface area contributed by atoms with Gasteiger partial charge in [-0.2, -0.15) is 0 Å². The first-order chi connectivity index (χ1) is 18.9. The molecule has 0 radical (unpaired) electrons. The van der Waals surface area contributed by atoms with E-state index in [0.29, 0.717) is 19.4 Å². The van der Waals surface area contributed by atoms with E-state index in [0.717, 1.165) is 0 Å². The molecule has 2 N–H and O–H groups in total. The lowest BCUT2D eigenvalue weighted by molar-refractivity contribution is -0.128. The van der Waals surface area contributed by atoms with E-state index in [9.17, 15) is 9.59 Å². The van der Waals surface area contributed by atoms with E-state index in [1.54, 1.807) is 0 Å². The maximum atomic E-state index is 12.8. The number of hydrogen-bond acceptors (Lipinski definition) is 8. The van der Waals surface area contributed by atoms with E-state index >= 15 is 0 Å². The van der Waals surface area contributed by atoms with Crippen LogP contribution in [0.4, 0.5) is 0 Å². The largest absolute Gasteiger partial charge is 0.382 e. The number of unbranched alkanes of at least 4 members (excludes halogenated alkanes) is 1.